The second-order valence-corrected chi connectivity index (χ2v) is 28.1. The Morgan fingerprint density at radius 2 is 0.617 bits per heavy atom. The zero-order chi connectivity index (χ0) is 62.7. The fourth-order valence-electron chi connectivity index (χ4n) is 17.4. The molecule has 94 heavy (non-hydrogen) atoms. The van der Waals surface area contributed by atoms with Gasteiger partial charge in [0.1, 0.15) is 0 Å². The highest BCUT2D eigenvalue weighted by Gasteiger charge is 2.39. The molecule has 0 bridgehead atoms. The Hall–Kier alpha value is -11.4. The highest BCUT2D eigenvalue weighted by atomic mass is 15.0. The molecule has 0 spiro atoms. The Kier molecular flexibility index (Phi) is 10.7. The molecule has 0 radical (unpaired) electrons. The first-order valence-electron chi connectivity index (χ1n) is 33.0. The van der Waals surface area contributed by atoms with Gasteiger partial charge < -0.3 is 13.7 Å². The van der Waals surface area contributed by atoms with E-state index in [4.69, 9.17) is 9.97 Å². The van der Waals surface area contributed by atoms with Gasteiger partial charge in [0.25, 0.3) is 0 Å². The van der Waals surface area contributed by atoms with Crippen molar-refractivity contribution in [3.63, 3.8) is 0 Å². The maximum absolute atomic E-state index is 5.73. The molecule has 0 aliphatic heterocycles. The van der Waals surface area contributed by atoms with Crippen LogP contribution in [0.15, 0.2) is 273 Å². The second kappa shape index (κ2) is 18.9. The zero-order valence-electron chi connectivity index (χ0n) is 53.2. The highest BCUT2D eigenvalue weighted by Crippen LogP contribution is 2.55. The van der Waals surface area contributed by atoms with Crippen LogP contribution in [-0.4, -0.2) is 23.7 Å². The van der Waals surface area contributed by atoms with Gasteiger partial charge in [-0.25, -0.2) is 9.97 Å². The smallest absolute Gasteiger partial charge is 0.160 e. The molecule has 0 amide bonds. The summed E-state index contributed by atoms with van der Waals surface area (Å²) in [6, 6.07) is 102. The van der Waals surface area contributed by atoms with Crippen molar-refractivity contribution >= 4 is 76.3 Å². The molecule has 444 valence electrons. The lowest BCUT2D eigenvalue weighted by Gasteiger charge is -2.21. The van der Waals surface area contributed by atoms with E-state index in [0.717, 1.165) is 55.9 Å². The summed E-state index contributed by atoms with van der Waals surface area (Å²) in [5, 5.41) is 8.50. The minimum Gasteiger partial charge on any atom is -0.309 e. The first-order valence-corrected chi connectivity index (χ1v) is 33.0. The van der Waals surface area contributed by atoms with Crippen LogP contribution in [0.1, 0.15) is 74.9 Å². The molecule has 0 saturated carbocycles. The Bertz CT molecular complexity index is 6200. The lowest BCUT2D eigenvalue weighted by atomic mass is 9.82. The van der Waals surface area contributed by atoms with Gasteiger partial charge in [-0.05, 0) is 193 Å². The number of rotatable bonds is 6. The second-order valence-electron chi connectivity index (χ2n) is 28.1. The third-order valence-corrected chi connectivity index (χ3v) is 22.0. The van der Waals surface area contributed by atoms with Gasteiger partial charge in [0.2, 0.25) is 0 Å². The number of fused-ring (bicyclic) bond motifs is 19. The van der Waals surface area contributed by atoms with Crippen molar-refractivity contribution in [1.29, 1.82) is 0 Å². The van der Waals surface area contributed by atoms with E-state index < -0.39 is 0 Å². The van der Waals surface area contributed by atoms with Crippen LogP contribution < -0.4 is 0 Å². The molecule has 17 aromatic rings. The molecule has 0 atom stereocenters. The number of nitrogens with zero attached hydrogens (tertiary/aromatic N) is 5. The Morgan fingerprint density at radius 1 is 0.234 bits per heavy atom. The van der Waals surface area contributed by atoms with Crippen molar-refractivity contribution in [3.8, 4) is 84.2 Å². The van der Waals surface area contributed by atoms with Gasteiger partial charge in [-0.2, -0.15) is 0 Å². The van der Waals surface area contributed by atoms with E-state index >= 15 is 0 Å². The minimum atomic E-state index is -0.123. The van der Waals surface area contributed by atoms with E-state index in [9.17, 15) is 0 Å². The molecular weight excluding hydrogens is 1140 g/mol. The van der Waals surface area contributed by atoms with Crippen LogP contribution in [0.25, 0.3) is 161 Å². The van der Waals surface area contributed by atoms with Gasteiger partial charge in [0.05, 0.1) is 44.3 Å². The van der Waals surface area contributed by atoms with E-state index in [0.29, 0.717) is 5.82 Å². The number of aromatic nitrogens is 5. The lowest BCUT2D eigenvalue weighted by Crippen LogP contribution is -2.14. The molecule has 0 unspecified atom stereocenters. The standard InChI is InChI=1S/C89H63N5/c1-87(2)72-31-13-7-25-59(72)65-49-82-68(46-75(65)87)62-28-10-16-34-79(62)92(82)56-40-37-52(38-41-56)86-90-78-42-39-54(53-21-19-23-57(43-53)93-80-35-17-11-29-63(80)69-47-76-66(50-83(69)93)60-26-8-14-32-73(60)88(76,3)4)45-71(78)85(91-86)55-22-20-24-58(44-55)94-81-36-18-12-30-64(81)70-48-77-67(51-84(70)94)61-27-9-15-33-74(61)89(77,5)6/h7-51H,1-6H3. The predicted octanol–water partition coefficient (Wildman–Crippen LogP) is 22.8. The fraction of sp³-hybridized carbons (Fsp3) is 0.101. The van der Waals surface area contributed by atoms with Crippen LogP contribution in [-0.2, 0) is 16.2 Å². The molecule has 5 heteroatoms. The molecule has 0 saturated heterocycles. The molecule has 4 heterocycles. The highest BCUT2D eigenvalue weighted by molar-refractivity contribution is 6.14. The van der Waals surface area contributed by atoms with E-state index in [2.05, 4.69) is 328 Å². The summed E-state index contributed by atoms with van der Waals surface area (Å²) in [5.41, 5.74) is 32.1. The first-order chi connectivity index (χ1) is 45.9. The topological polar surface area (TPSA) is 40.6 Å². The summed E-state index contributed by atoms with van der Waals surface area (Å²) in [6.45, 7) is 14.2. The monoisotopic (exact) mass is 1200 g/mol. The summed E-state index contributed by atoms with van der Waals surface area (Å²) in [6.07, 6.45) is 0. The normalized spacial score (nSPS) is 14.5. The van der Waals surface area contributed by atoms with Crippen molar-refractivity contribution in [3.05, 3.63) is 306 Å². The van der Waals surface area contributed by atoms with Crippen LogP contribution in [0.4, 0.5) is 0 Å². The van der Waals surface area contributed by atoms with E-state index in [1.165, 1.54) is 132 Å². The van der Waals surface area contributed by atoms with Crippen LogP contribution in [0.2, 0.25) is 0 Å². The molecule has 0 fully saturated rings. The van der Waals surface area contributed by atoms with Crippen LogP contribution in [0.3, 0.4) is 0 Å². The molecule has 5 nitrogen and oxygen atoms in total. The summed E-state index contributed by atoms with van der Waals surface area (Å²) >= 11 is 0. The van der Waals surface area contributed by atoms with Crippen molar-refractivity contribution in [2.75, 3.05) is 0 Å². The van der Waals surface area contributed by atoms with Crippen LogP contribution in [0, 0.1) is 0 Å². The van der Waals surface area contributed by atoms with Crippen molar-refractivity contribution in [2.24, 2.45) is 0 Å². The molecule has 3 aliphatic rings. The summed E-state index contributed by atoms with van der Waals surface area (Å²) < 4.78 is 7.37. The lowest BCUT2D eigenvalue weighted by molar-refractivity contribution is 0.661. The van der Waals surface area contributed by atoms with Gasteiger partial charge in [-0.15, -0.1) is 0 Å². The summed E-state index contributed by atoms with van der Waals surface area (Å²) in [7, 11) is 0. The SMILES string of the molecule is CC1(C)c2ccccc2-c2cc3c(cc21)c1ccccc1n3-c1ccc(-c2nc(-c3cccc(-n4c5ccccc5c5cc6c(cc54)-c4ccccc4C6(C)C)c3)c3cc(-c4cccc(-n5c6ccccc6c6cc7c(cc65)-c5ccccc5C7(C)C)c4)ccc3n2)cc1. The molecule has 20 rings (SSSR count). The quantitative estimate of drug-likeness (QED) is 0.166. The van der Waals surface area contributed by atoms with Gasteiger partial charge >= 0.3 is 0 Å². The average molecular weight is 1200 g/mol. The molecular formula is C89H63N5. The fourth-order valence-corrected chi connectivity index (χ4v) is 17.4. The first kappa shape index (κ1) is 53.3. The molecule has 13 aromatic carbocycles. The third kappa shape index (κ3) is 7.24. The van der Waals surface area contributed by atoms with Crippen LogP contribution in [0.5, 0.6) is 0 Å². The maximum atomic E-state index is 5.73. The third-order valence-electron chi connectivity index (χ3n) is 22.0. The summed E-state index contributed by atoms with van der Waals surface area (Å²) in [4.78, 5) is 11.2. The van der Waals surface area contributed by atoms with Gasteiger partial charge in [-0.1, -0.05) is 199 Å². The Labute approximate surface area is 545 Å². The number of para-hydroxylation sites is 3. The number of hydrogen-bond donors (Lipinski definition) is 0. The van der Waals surface area contributed by atoms with Crippen molar-refractivity contribution in [1.82, 2.24) is 23.7 Å². The van der Waals surface area contributed by atoms with Gasteiger partial charge in [0.15, 0.2) is 5.82 Å². The van der Waals surface area contributed by atoms with Crippen LogP contribution >= 0.6 is 0 Å². The predicted molar refractivity (Wildman–Crippen MR) is 392 cm³/mol. The average Bonchev–Trinajstić information content (AvgIpc) is 1.57. The Balaban J connectivity index is 0.759. The number of hydrogen-bond acceptors (Lipinski definition) is 2. The number of benzene rings is 13. The summed E-state index contributed by atoms with van der Waals surface area (Å²) in [5.74, 6) is 0.672. The largest absolute Gasteiger partial charge is 0.309 e. The molecule has 3 aliphatic carbocycles. The van der Waals surface area contributed by atoms with Crippen molar-refractivity contribution in [2.45, 2.75) is 57.8 Å². The van der Waals surface area contributed by atoms with E-state index in [1.807, 2.05) is 0 Å². The van der Waals surface area contributed by atoms with E-state index in [1.54, 1.807) is 0 Å². The molecule has 0 N–H and O–H groups in total. The van der Waals surface area contributed by atoms with Gasteiger partial charge in [-0.3, -0.25) is 0 Å². The van der Waals surface area contributed by atoms with Crippen molar-refractivity contribution < 1.29 is 0 Å². The maximum Gasteiger partial charge on any atom is 0.160 e. The minimum absolute atomic E-state index is 0.102. The Morgan fingerprint density at radius 3 is 1.09 bits per heavy atom. The van der Waals surface area contributed by atoms with E-state index in [-0.39, 0.29) is 16.2 Å². The molecule has 4 aromatic heterocycles. The van der Waals surface area contributed by atoms with Gasteiger partial charge in [0, 0.05) is 82.1 Å². The zero-order valence-corrected chi connectivity index (χ0v) is 53.2.